The highest BCUT2D eigenvalue weighted by Crippen LogP contribution is 2.16. The average molecular weight is 328 g/mol. The van der Waals surface area contributed by atoms with E-state index in [9.17, 15) is 9.59 Å². The van der Waals surface area contributed by atoms with E-state index in [1.807, 2.05) is 12.1 Å². The van der Waals surface area contributed by atoms with Gasteiger partial charge in [-0.2, -0.15) is 0 Å². The molecule has 3 aromatic rings. The van der Waals surface area contributed by atoms with Crippen LogP contribution in [0.4, 0.5) is 0 Å². The van der Waals surface area contributed by atoms with E-state index in [4.69, 9.17) is 11.6 Å². The van der Waals surface area contributed by atoms with Crippen molar-refractivity contribution in [3.63, 3.8) is 0 Å². The molecule has 0 atom stereocenters. The molecular weight excluding hydrogens is 314 g/mol. The number of halogens is 1. The summed E-state index contributed by atoms with van der Waals surface area (Å²) in [5, 5.41) is 3.84. The van der Waals surface area contributed by atoms with Crippen LogP contribution >= 0.6 is 11.6 Å². The van der Waals surface area contributed by atoms with Gasteiger partial charge in [0, 0.05) is 41.6 Å². The molecule has 0 fully saturated rings. The van der Waals surface area contributed by atoms with Crippen LogP contribution < -0.4 is 10.7 Å². The summed E-state index contributed by atoms with van der Waals surface area (Å²) in [4.78, 5) is 28.0. The van der Waals surface area contributed by atoms with Crippen molar-refractivity contribution in [2.45, 2.75) is 13.1 Å². The fraction of sp³-hybridized carbons (Fsp3) is 0.118. The monoisotopic (exact) mass is 327 g/mol. The van der Waals surface area contributed by atoms with Crippen LogP contribution in [0.3, 0.4) is 0 Å². The highest BCUT2D eigenvalue weighted by Gasteiger charge is 2.07. The van der Waals surface area contributed by atoms with Crippen molar-refractivity contribution in [2.24, 2.45) is 0 Å². The molecule has 0 saturated carbocycles. The second-order valence-electron chi connectivity index (χ2n) is 5.10. The lowest BCUT2D eigenvalue weighted by molar-refractivity contribution is -0.121. The van der Waals surface area contributed by atoms with Crippen molar-refractivity contribution in [3.05, 3.63) is 75.8 Å². The van der Waals surface area contributed by atoms with Gasteiger partial charge in [-0.05, 0) is 35.9 Å². The average Bonchev–Trinajstić information content (AvgIpc) is 2.57. The van der Waals surface area contributed by atoms with Gasteiger partial charge in [-0.1, -0.05) is 11.6 Å². The van der Waals surface area contributed by atoms with E-state index in [2.05, 4.69) is 10.3 Å². The maximum atomic E-state index is 12.1. The number of nitrogens with zero attached hydrogens (tertiary/aromatic N) is 2. The molecule has 1 N–H and O–H groups in total. The Morgan fingerprint density at radius 3 is 2.74 bits per heavy atom. The molecule has 3 rings (SSSR count). The Bertz CT molecular complexity index is 907. The lowest BCUT2D eigenvalue weighted by Crippen LogP contribution is -2.27. The highest BCUT2D eigenvalue weighted by molar-refractivity contribution is 6.31. The number of carbonyl (C=O) groups is 1. The first-order chi connectivity index (χ1) is 11.1. The molecular formula is C17H14ClN3O2. The van der Waals surface area contributed by atoms with Gasteiger partial charge in [-0.3, -0.25) is 14.6 Å². The molecule has 0 bridgehead atoms. The summed E-state index contributed by atoms with van der Waals surface area (Å²) in [5.74, 6) is -0.137. The first-order valence-electron chi connectivity index (χ1n) is 7.08. The molecule has 6 heteroatoms. The Balaban J connectivity index is 1.77. The fourth-order valence-corrected chi connectivity index (χ4v) is 2.51. The Kier molecular flexibility index (Phi) is 4.39. The number of hydrogen-bond donors (Lipinski definition) is 1. The molecule has 0 unspecified atom stereocenters. The third-order valence-corrected chi connectivity index (χ3v) is 3.73. The zero-order valence-corrected chi connectivity index (χ0v) is 13.0. The maximum Gasteiger partial charge on any atom is 0.240 e. The molecule has 0 spiro atoms. The largest absolute Gasteiger partial charge is 0.350 e. The van der Waals surface area contributed by atoms with Crippen molar-refractivity contribution in [1.29, 1.82) is 0 Å². The Hall–Kier alpha value is -2.66. The summed E-state index contributed by atoms with van der Waals surface area (Å²) >= 11 is 5.93. The zero-order valence-electron chi connectivity index (χ0n) is 12.2. The maximum absolute atomic E-state index is 12.1. The standard InChI is InChI=1S/C17H14ClN3O2/c18-13-1-2-15-14(9-13)16(22)5-8-21(15)11-17(23)20-10-12-3-6-19-7-4-12/h1-9H,10-11H2,(H,20,23). The molecule has 0 aliphatic heterocycles. The molecule has 0 radical (unpaired) electrons. The van der Waals surface area contributed by atoms with Gasteiger partial charge in [0.1, 0.15) is 6.54 Å². The van der Waals surface area contributed by atoms with E-state index in [0.29, 0.717) is 22.5 Å². The zero-order chi connectivity index (χ0) is 16.2. The molecule has 0 saturated heterocycles. The summed E-state index contributed by atoms with van der Waals surface area (Å²) in [6.45, 7) is 0.564. The predicted octanol–water partition coefficient (Wildman–Crippen LogP) is 2.37. The summed E-state index contributed by atoms with van der Waals surface area (Å²) in [7, 11) is 0. The van der Waals surface area contributed by atoms with Crippen LogP contribution in [0, 0.1) is 0 Å². The van der Waals surface area contributed by atoms with Crippen LogP contribution in [-0.2, 0) is 17.9 Å². The topological polar surface area (TPSA) is 64.0 Å². The van der Waals surface area contributed by atoms with Gasteiger partial charge in [0.25, 0.3) is 0 Å². The number of aromatic nitrogens is 2. The van der Waals surface area contributed by atoms with E-state index >= 15 is 0 Å². The second-order valence-corrected chi connectivity index (χ2v) is 5.54. The lowest BCUT2D eigenvalue weighted by atomic mass is 10.2. The highest BCUT2D eigenvalue weighted by atomic mass is 35.5. The number of carbonyl (C=O) groups excluding carboxylic acids is 1. The minimum Gasteiger partial charge on any atom is -0.350 e. The van der Waals surface area contributed by atoms with Crippen LogP contribution in [0.2, 0.25) is 5.02 Å². The number of rotatable bonds is 4. The minimum atomic E-state index is -0.137. The number of amides is 1. The van der Waals surface area contributed by atoms with E-state index in [-0.39, 0.29) is 17.9 Å². The molecule has 0 aliphatic rings. The number of benzene rings is 1. The van der Waals surface area contributed by atoms with Crippen molar-refractivity contribution in [1.82, 2.24) is 14.9 Å². The van der Waals surface area contributed by atoms with Gasteiger partial charge in [-0.25, -0.2) is 0 Å². The normalized spacial score (nSPS) is 10.7. The van der Waals surface area contributed by atoms with Gasteiger partial charge in [0.05, 0.1) is 5.52 Å². The predicted molar refractivity (Wildman–Crippen MR) is 89.3 cm³/mol. The Morgan fingerprint density at radius 2 is 1.96 bits per heavy atom. The molecule has 5 nitrogen and oxygen atoms in total. The minimum absolute atomic E-state index is 0.115. The molecule has 0 aliphatic carbocycles. The summed E-state index contributed by atoms with van der Waals surface area (Å²) in [6.07, 6.45) is 4.98. The van der Waals surface area contributed by atoms with Gasteiger partial charge >= 0.3 is 0 Å². The summed E-state index contributed by atoms with van der Waals surface area (Å²) in [6, 6.07) is 10.2. The van der Waals surface area contributed by atoms with Crippen molar-refractivity contribution in [3.8, 4) is 0 Å². The van der Waals surface area contributed by atoms with Crippen LogP contribution in [0.5, 0.6) is 0 Å². The smallest absolute Gasteiger partial charge is 0.240 e. The van der Waals surface area contributed by atoms with Gasteiger partial charge in [0.2, 0.25) is 5.91 Å². The molecule has 1 aromatic carbocycles. The number of fused-ring (bicyclic) bond motifs is 1. The fourth-order valence-electron chi connectivity index (χ4n) is 2.33. The summed E-state index contributed by atoms with van der Waals surface area (Å²) < 4.78 is 1.73. The van der Waals surface area contributed by atoms with Crippen LogP contribution in [0.1, 0.15) is 5.56 Å². The van der Waals surface area contributed by atoms with Crippen LogP contribution in [0.15, 0.2) is 59.8 Å². The van der Waals surface area contributed by atoms with Crippen LogP contribution in [-0.4, -0.2) is 15.5 Å². The number of nitrogens with one attached hydrogen (secondary N) is 1. The van der Waals surface area contributed by atoms with Gasteiger partial charge in [-0.15, -0.1) is 0 Å². The van der Waals surface area contributed by atoms with Gasteiger partial charge < -0.3 is 9.88 Å². The van der Waals surface area contributed by atoms with E-state index in [1.165, 1.54) is 6.07 Å². The van der Waals surface area contributed by atoms with Gasteiger partial charge in [0.15, 0.2) is 5.43 Å². The lowest BCUT2D eigenvalue weighted by Gasteiger charge is -2.11. The van der Waals surface area contributed by atoms with Crippen LogP contribution in [0.25, 0.3) is 10.9 Å². The third kappa shape index (κ3) is 3.57. The molecule has 2 aromatic heterocycles. The van der Waals surface area contributed by atoms with Crippen molar-refractivity contribution >= 4 is 28.4 Å². The van der Waals surface area contributed by atoms with Crippen molar-refractivity contribution < 1.29 is 4.79 Å². The molecule has 116 valence electrons. The molecule has 1 amide bonds. The first kappa shape index (κ1) is 15.2. The Labute approximate surface area is 137 Å². The third-order valence-electron chi connectivity index (χ3n) is 3.49. The summed E-state index contributed by atoms with van der Waals surface area (Å²) in [5.41, 5.74) is 1.54. The second kappa shape index (κ2) is 6.62. The number of pyridine rings is 2. The number of hydrogen-bond acceptors (Lipinski definition) is 3. The van der Waals surface area contributed by atoms with Crippen molar-refractivity contribution in [2.75, 3.05) is 0 Å². The van der Waals surface area contributed by atoms with E-state index < -0.39 is 0 Å². The Morgan fingerprint density at radius 1 is 1.17 bits per heavy atom. The first-order valence-corrected chi connectivity index (χ1v) is 7.45. The van der Waals surface area contributed by atoms with E-state index in [1.54, 1.807) is 41.4 Å². The quantitative estimate of drug-likeness (QED) is 0.800. The molecule has 23 heavy (non-hydrogen) atoms. The van der Waals surface area contributed by atoms with E-state index in [0.717, 1.165) is 5.56 Å². The molecule has 2 heterocycles. The SMILES string of the molecule is O=C(Cn1ccc(=O)c2cc(Cl)ccc21)NCc1ccncc1.